The zero-order valence-corrected chi connectivity index (χ0v) is 8.06. The summed E-state index contributed by atoms with van der Waals surface area (Å²) in [5.74, 6) is 0. The van der Waals surface area contributed by atoms with E-state index in [0.29, 0.717) is 12.5 Å². The molecule has 1 fully saturated rings. The van der Waals surface area contributed by atoms with Crippen LogP contribution in [0.1, 0.15) is 30.9 Å². The van der Waals surface area contributed by atoms with Crippen LogP contribution in [0.15, 0.2) is 30.3 Å². The summed E-state index contributed by atoms with van der Waals surface area (Å²) in [7, 11) is 0. The van der Waals surface area contributed by atoms with Gasteiger partial charge in [-0.05, 0) is 18.4 Å². The maximum Gasteiger partial charge on any atom is 0.119 e. The number of carbonyl (C=O) groups excluding carboxylic acids is 1. The molecule has 2 atom stereocenters. The molecule has 0 N–H and O–H groups in total. The molecule has 2 rings (SSSR count). The minimum atomic E-state index is 0.280. The maximum absolute atomic E-state index is 10.1. The number of aldehydes is 1. The number of hydrogen-bond donors (Lipinski definition) is 0. The van der Waals surface area contributed by atoms with Crippen LogP contribution >= 0.6 is 0 Å². The first kappa shape index (κ1) is 9.41. The van der Waals surface area contributed by atoms with Crippen molar-refractivity contribution in [3.8, 4) is 0 Å². The summed E-state index contributed by atoms with van der Waals surface area (Å²) in [5, 5.41) is 0. The minimum absolute atomic E-state index is 0.280. The highest BCUT2D eigenvalue weighted by atomic mass is 16.6. The Morgan fingerprint density at radius 3 is 2.79 bits per heavy atom. The summed E-state index contributed by atoms with van der Waals surface area (Å²) in [5.41, 5.74) is 1.25. The van der Waals surface area contributed by atoms with Gasteiger partial charge in [-0.25, -0.2) is 0 Å². The van der Waals surface area contributed by atoms with Gasteiger partial charge in [-0.1, -0.05) is 30.3 Å². The van der Waals surface area contributed by atoms with Gasteiger partial charge in [-0.3, -0.25) is 0 Å². The number of benzene rings is 1. The van der Waals surface area contributed by atoms with Gasteiger partial charge < -0.3 is 9.53 Å². The van der Waals surface area contributed by atoms with Crippen molar-refractivity contribution in [2.24, 2.45) is 0 Å². The quantitative estimate of drug-likeness (QED) is 0.405. The Labute approximate surface area is 83.9 Å². The van der Waals surface area contributed by atoms with E-state index in [1.165, 1.54) is 5.56 Å². The molecule has 1 aromatic carbocycles. The summed E-state index contributed by atoms with van der Waals surface area (Å²) in [4.78, 5) is 10.1. The van der Waals surface area contributed by atoms with E-state index in [2.05, 4.69) is 12.1 Å². The first-order chi connectivity index (χ1) is 6.92. The highest BCUT2D eigenvalue weighted by molar-refractivity contribution is 5.49. The lowest BCUT2D eigenvalue weighted by atomic mass is 10.1. The molecule has 0 radical (unpaired) electrons. The number of unbranched alkanes of at least 4 members (excludes halogenated alkanes) is 1. The first-order valence-electron chi connectivity index (χ1n) is 5.06. The summed E-state index contributed by atoms with van der Waals surface area (Å²) in [6.07, 6.45) is 4.19. The Morgan fingerprint density at radius 2 is 2.07 bits per heavy atom. The molecule has 0 spiro atoms. The van der Waals surface area contributed by atoms with Crippen molar-refractivity contribution in [1.29, 1.82) is 0 Å². The molecule has 1 saturated heterocycles. The highest BCUT2D eigenvalue weighted by Crippen LogP contribution is 2.41. The van der Waals surface area contributed by atoms with Crippen LogP contribution in [0.25, 0.3) is 0 Å². The summed E-state index contributed by atoms with van der Waals surface area (Å²) >= 11 is 0. The minimum Gasteiger partial charge on any atom is -0.365 e. The molecule has 1 aromatic rings. The Kier molecular flexibility index (Phi) is 2.94. The molecule has 74 valence electrons. The molecule has 0 aromatic heterocycles. The number of ether oxygens (including phenoxy) is 1. The van der Waals surface area contributed by atoms with E-state index in [-0.39, 0.29) is 6.10 Å². The molecule has 2 heteroatoms. The molecule has 1 aliphatic rings. The van der Waals surface area contributed by atoms with Crippen molar-refractivity contribution >= 4 is 6.29 Å². The number of carbonyl (C=O) groups is 1. The van der Waals surface area contributed by atoms with Crippen molar-refractivity contribution in [2.75, 3.05) is 0 Å². The molecule has 2 nitrogen and oxygen atoms in total. The van der Waals surface area contributed by atoms with E-state index in [1.807, 2.05) is 18.2 Å². The zero-order chi connectivity index (χ0) is 9.80. The van der Waals surface area contributed by atoms with Gasteiger partial charge in [0.2, 0.25) is 0 Å². The zero-order valence-electron chi connectivity index (χ0n) is 8.06. The predicted molar refractivity (Wildman–Crippen MR) is 54.0 cm³/mol. The fraction of sp³-hybridized carbons (Fsp3) is 0.417. The molecule has 0 bridgehead atoms. The Morgan fingerprint density at radius 1 is 1.29 bits per heavy atom. The largest absolute Gasteiger partial charge is 0.365 e. The lowest BCUT2D eigenvalue weighted by molar-refractivity contribution is -0.107. The van der Waals surface area contributed by atoms with Gasteiger partial charge >= 0.3 is 0 Å². The number of rotatable bonds is 5. The van der Waals surface area contributed by atoms with E-state index in [9.17, 15) is 4.79 Å². The van der Waals surface area contributed by atoms with E-state index >= 15 is 0 Å². The highest BCUT2D eigenvalue weighted by Gasteiger charge is 2.38. The molecule has 0 aliphatic carbocycles. The van der Waals surface area contributed by atoms with Gasteiger partial charge in [0.1, 0.15) is 12.4 Å². The van der Waals surface area contributed by atoms with Crippen LogP contribution in [0.2, 0.25) is 0 Å². The van der Waals surface area contributed by atoms with Crippen LogP contribution in [0.5, 0.6) is 0 Å². The Bertz CT molecular complexity index is 294. The number of hydrogen-bond acceptors (Lipinski definition) is 2. The van der Waals surface area contributed by atoms with Gasteiger partial charge in [-0.2, -0.15) is 0 Å². The second-order valence-corrected chi connectivity index (χ2v) is 3.60. The predicted octanol–water partition coefficient (Wildman–Crippen LogP) is 2.50. The molecular formula is C12H14O2. The molecule has 14 heavy (non-hydrogen) atoms. The topological polar surface area (TPSA) is 29.6 Å². The standard InChI is InChI=1S/C12H14O2/c13-9-5-4-8-11-12(14-11)10-6-2-1-3-7-10/h1-3,6-7,9,11-12H,4-5,8H2. The summed E-state index contributed by atoms with van der Waals surface area (Å²) in [6.45, 7) is 0. The van der Waals surface area contributed by atoms with Crippen LogP contribution in [0, 0.1) is 0 Å². The molecule has 1 aliphatic heterocycles. The van der Waals surface area contributed by atoms with Gasteiger partial charge in [-0.15, -0.1) is 0 Å². The maximum atomic E-state index is 10.1. The molecule has 0 saturated carbocycles. The van der Waals surface area contributed by atoms with Gasteiger partial charge in [0.25, 0.3) is 0 Å². The van der Waals surface area contributed by atoms with Crippen LogP contribution in [-0.2, 0) is 9.53 Å². The van der Waals surface area contributed by atoms with E-state index in [4.69, 9.17) is 4.74 Å². The van der Waals surface area contributed by atoms with Crippen molar-refractivity contribution in [3.05, 3.63) is 35.9 Å². The van der Waals surface area contributed by atoms with Crippen molar-refractivity contribution < 1.29 is 9.53 Å². The lowest BCUT2D eigenvalue weighted by Crippen LogP contribution is -1.89. The Hall–Kier alpha value is -1.15. The second kappa shape index (κ2) is 4.38. The van der Waals surface area contributed by atoms with Crippen molar-refractivity contribution in [2.45, 2.75) is 31.5 Å². The Balaban J connectivity index is 1.79. The van der Waals surface area contributed by atoms with Crippen LogP contribution in [-0.4, -0.2) is 12.4 Å². The molecular weight excluding hydrogens is 176 g/mol. The second-order valence-electron chi connectivity index (χ2n) is 3.60. The van der Waals surface area contributed by atoms with Crippen LogP contribution < -0.4 is 0 Å². The summed E-state index contributed by atoms with van der Waals surface area (Å²) < 4.78 is 5.53. The van der Waals surface area contributed by atoms with Gasteiger partial charge in [0.05, 0.1) is 6.10 Å². The third-order valence-corrected chi connectivity index (χ3v) is 2.52. The normalized spacial score (nSPS) is 24.6. The summed E-state index contributed by atoms with van der Waals surface area (Å²) in [6, 6.07) is 10.2. The van der Waals surface area contributed by atoms with Crippen LogP contribution in [0.4, 0.5) is 0 Å². The number of epoxide rings is 1. The third-order valence-electron chi connectivity index (χ3n) is 2.52. The first-order valence-corrected chi connectivity index (χ1v) is 5.06. The average Bonchev–Trinajstić information content (AvgIpc) is 2.99. The molecule has 1 heterocycles. The van der Waals surface area contributed by atoms with Crippen molar-refractivity contribution in [3.63, 3.8) is 0 Å². The van der Waals surface area contributed by atoms with Gasteiger partial charge in [0, 0.05) is 6.42 Å². The van der Waals surface area contributed by atoms with E-state index in [0.717, 1.165) is 19.1 Å². The SMILES string of the molecule is O=CCCCC1OC1c1ccccc1. The lowest BCUT2D eigenvalue weighted by Gasteiger charge is -1.94. The van der Waals surface area contributed by atoms with Gasteiger partial charge in [0.15, 0.2) is 0 Å². The third kappa shape index (κ3) is 2.20. The van der Waals surface area contributed by atoms with Crippen LogP contribution in [0.3, 0.4) is 0 Å². The van der Waals surface area contributed by atoms with E-state index in [1.54, 1.807) is 0 Å². The smallest absolute Gasteiger partial charge is 0.119 e. The van der Waals surface area contributed by atoms with E-state index < -0.39 is 0 Å². The van der Waals surface area contributed by atoms with Crippen molar-refractivity contribution in [1.82, 2.24) is 0 Å². The monoisotopic (exact) mass is 190 g/mol. The molecule has 2 unspecified atom stereocenters. The molecule has 0 amide bonds. The fourth-order valence-electron chi connectivity index (χ4n) is 1.70. The average molecular weight is 190 g/mol. The fourth-order valence-corrected chi connectivity index (χ4v) is 1.70.